The number of carbonyl (C=O) groups excluding carboxylic acids is 1. The lowest BCUT2D eigenvalue weighted by molar-refractivity contribution is -0.116. The first-order valence-corrected chi connectivity index (χ1v) is 6.68. The summed E-state index contributed by atoms with van der Waals surface area (Å²) >= 11 is 0. The van der Waals surface area contributed by atoms with Gasteiger partial charge < -0.3 is 10.3 Å². The fourth-order valence-corrected chi connectivity index (χ4v) is 2.14. The molecule has 1 aromatic heterocycles. The standard InChI is InChI=1S/C16H10F2N4O/c17-11-6-5-9(7-12(11)18)20-16(23)10(8-19)15-21-13-3-1-2-4-14(13)22-15/h1-7,10H,(H,20,23)(H,21,22)/t10-/m0/s1. The van der Waals surface area contributed by atoms with Crippen LogP contribution in [0.3, 0.4) is 0 Å². The van der Waals surface area contributed by atoms with Gasteiger partial charge in [-0.3, -0.25) is 4.79 Å². The summed E-state index contributed by atoms with van der Waals surface area (Å²) in [6.45, 7) is 0. The molecular weight excluding hydrogens is 302 g/mol. The van der Waals surface area contributed by atoms with Gasteiger partial charge in [-0.05, 0) is 24.3 Å². The van der Waals surface area contributed by atoms with Crippen LogP contribution in [0.2, 0.25) is 0 Å². The summed E-state index contributed by atoms with van der Waals surface area (Å²) in [5.41, 5.74) is 1.39. The minimum atomic E-state index is -1.20. The van der Waals surface area contributed by atoms with Crippen molar-refractivity contribution in [2.45, 2.75) is 5.92 Å². The van der Waals surface area contributed by atoms with Crippen molar-refractivity contribution in [2.75, 3.05) is 5.32 Å². The maximum atomic E-state index is 13.2. The normalized spacial score (nSPS) is 11.9. The first kappa shape index (κ1) is 14.7. The molecule has 1 heterocycles. The molecule has 1 amide bonds. The second kappa shape index (κ2) is 5.85. The molecule has 0 saturated heterocycles. The lowest BCUT2D eigenvalue weighted by Gasteiger charge is -2.08. The number of nitriles is 1. The first-order valence-electron chi connectivity index (χ1n) is 6.68. The number of rotatable bonds is 3. The number of fused-ring (bicyclic) bond motifs is 1. The Bertz CT molecular complexity index is 896. The number of carbonyl (C=O) groups is 1. The van der Waals surface area contributed by atoms with Crippen molar-refractivity contribution in [3.63, 3.8) is 0 Å². The van der Waals surface area contributed by atoms with Gasteiger partial charge in [-0.1, -0.05) is 12.1 Å². The molecule has 5 nitrogen and oxygen atoms in total. The van der Waals surface area contributed by atoms with Crippen molar-refractivity contribution in [1.82, 2.24) is 9.97 Å². The second-order valence-corrected chi connectivity index (χ2v) is 4.82. The fourth-order valence-electron chi connectivity index (χ4n) is 2.14. The third-order valence-electron chi connectivity index (χ3n) is 3.26. The van der Waals surface area contributed by atoms with Gasteiger partial charge in [-0.2, -0.15) is 5.26 Å². The van der Waals surface area contributed by atoms with E-state index in [-0.39, 0.29) is 11.5 Å². The molecule has 0 aliphatic carbocycles. The number of anilines is 1. The minimum Gasteiger partial charge on any atom is -0.340 e. The van der Waals surface area contributed by atoms with Crippen LogP contribution in [0.25, 0.3) is 11.0 Å². The smallest absolute Gasteiger partial charge is 0.249 e. The summed E-state index contributed by atoms with van der Waals surface area (Å²) in [4.78, 5) is 19.3. The third kappa shape index (κ3) is 2.87. The number of halogens is 2. The molecule has 0 fully saturated rings. The van der Waals surface area contributed by atoms with Gasteiger partial charge >= 0.3 is 0 Å². The number of nitrogens with one attached hydrogen (secondary N) is 2. The van der Waals surface area contributed by atoms with E-state index in [0.717, 1.165) is 12.1 Å². The molecule has 0 bridgehead atoms. The second-order valence-electron chi connectivity index (χ2n) is 4.82. The average Bonchev–Trinajstić information content (AvgIpc) is 2.95. The Kier molecular flexibility index (Phi) is 3.73. The molecule has 0 aliphatic heterocycles. The molecule has 23 heavy (non-hydrogen) atoms. The van der Waals surface area contributed by atoms with E-state index in [1.807, 2.05) is 6.07 Å². The van der Waals surface area contributed by atoms with Crippen LogP contribution in [0.1, 0.15) is 11.7 Å². The lowest BCUT2D eigenvalue weighted by Crippen LogP contribution is -2.21. The number of hydrogen-bond donors (Lipinski definition) is 2. The van der Waals surface area contributed by atoms with Gasteiger partial charge in [0.2, 0.25) is 5.91 Å². The van der Waals surface area contributed by atoms with E-state index in [0.29, 0.717) is 11.0 Å². The Morgan fingerprint density at radius 2 is 2.00 bits per heavy atom. The van der Waals surface area contributed by atoms with Gasteiger partial charge in [0.25, 0.3) is 0 Å². The molecule has 7 heteroatoms. The number of hydrogen-bond acceptors (Lipinski definition) is 3. The largest absolute Gasteiger partial charge is 0.340 e. The van der Waals surface area contributed by atoms with Gasteiger partial charge in [0, 0.05) is 11.8 Å². The molecule has 3 rings (SSSR count). The summed E-state index contributed by atoms with van der Waals surface area (Å²) in [5, 5.41) is 11.6. The van der Waals surface area contributed by atoms with Gasteiger partial charge in [0.05, 0.1) is 17.1 Å². The zero-order valence-corrected chi connectivity index (χ0v) is 11.7. The molecule has 2 N–H and O–H groups in total. The van der Waals surface area contributed by atoms with Crippen molar-refractivity contribution >= 4 is 22.6 Å². The van der Waals surface area contributed by atoms with Gasteiger partial charge in [0.15, 0.2) is 17.6 Å². The topological polar surface area (TPSA) is 81.6 Å². The van der Waals surface area contributed by atoms with E-state index < -0.39 is 23.5 Å². The van der Waals surface area contributed by atoms with Crippen LogP contribution < -0.4 is 5.32 Å². The van der Waals surface area contributed by atoms with Gasteiger partial charge in [-0.15, -0.1) is 0 Å². The predicted octanol–water partition coefficient (Wildman–Crippen LogP) is 3.09. The van der Waals surface area contributed by atoms with Crippen LogP contribution in [0, 0.1) is 23.0 Å². The van der Waals surface area contributed by atoms with E-state index in [9.17, 15) is 18.8 Å². The maximum Gasteiger partial charge on any atom is 0.249 e. The molecule has 0 unspecified atom stereocenters. The highest BCUT2D eigenvalue weighted by Crippen LogP contribution is 2.20. The highest BCUT2D eigenvalue weighted by Gasteiger charge is 2.24. The number of benzene rings is 2. The number of amides is 1. The van der Waals surface area contributed by atoms with E-state index in [1.54, 1.807) is 24.3 Å². The number of nitrogens with zero attached hydrogens (tertiary/aromatic N) is 2. The number of para-hydroxylation sites is 2. The molecule has 1 atom stereocenters. The summed E-state index contributed by atoms with van der Waals surface area (Å²) < 4.78 is 26.1. The highest BCUT2D eigenvalue weighted by atomic mass is 19.2. The third-order valence-corrected chi connectivity index (χ3v) is 3.26. The van der Waals surface area contributed by atoms with Crippen LogP contribution in [0.5, 0.6) is 0 Å². The number of aromatic nitrogens is 2. The Labute approximate surface area is 129 Å². The number of H-pyrrole nitrogens is 1. The van der Waals surface area contributed by atoms with Gasteiger partial charge in [0.1, 0.15) is 5.82 Å². The van der Waals surface area contributed by atoms with Crippen LogP contribution in [0.4, 0.5) is 14.5 Å². The van der Waals surface area contributed by atoms with Crippen molar-refractivity contribution in [3.05, 3.63) is 59.9 Å². The van der Waals surface area contributed by atoms with E-state index >= 15 is 0 Å². The first-order chi connectivity index (χ1) is 11.1. The molecule has 0 aliphatic rings. The summed E-state index contributed by atoms with van der Waals surface area (Å²) in [5.74, 6) is -3.79. The molecule has 114 valence electrons. The predicted molar refractivity (Wildman–Crippen MR) is 79.4 cm³/mol. The quantitative estimate of drug-likeness (QED) is 0.779. The zero-order chi connectivity index (χ0) is 16.4. The maximum absolute atomic E-state index is 13.2. The van der Waals surface area contributed by atoms with E-state index in [1.165, 1.54) is 6.07 Å². The van der Waals surface area contributed by atoms with E-state index in [2.05, 4.69) is 15.3 Å². The molecule has 0 radical (unpaired) electrons. The van der Waals surface area contributed by atoms with Crippen molar-refractivity contribution in [2.24, 2.45) is 0 Å². The average molecular weight is 312 g/mol. The van der Waals surface area contributed by atoms with Crippen molar-refractivity contribution in [1.29, 1.82) is 5.26 Å². The molecule has 0 spiro atoms. The monoisotopic (exact) mass is 312 g/mol. The van der Waals surface area contributed by atoms with Crippen molar-refractivity contribution in [3.8, 4) is 6.07 Å². The number of imidazole rings is 1. The number of aromatic amines is 1. The van der Waals surface area contributed by atoms with Crippen LogP contribution in [-0.4, -0.2) is 15.9 Å². The summed E-state index contributed by atoms with van der Waals surface area (Å²) in [6, 6.07) is 11.9. The Morgan fingerprint density at radius 3 is 2.70 bits per heavy atom. The molecular formula is C16H10F2N4O. The van der Waals surface area contributed by atoms with Crippen molar-refractivity contribution < 1.29 is 13.6 Å². The SMILES string of the molecule is N#C[C@H](C(=O)Nc1ccc(F)c(F)c1)c1nc2ccccc2[nH]1. The molecule has 3 aromatic rings. The van der Waals surface area contributed by atoms with Crippen LogP contribution in [0.15, 0.2) is 42.5 Å². The Hall–Kier alpha value is -3.27. The molecule has 0 saturated carbocycles. The van der Waals surface area contributed by atoms with Gasteiger partial charge in [-0.25, -0.2) is 13.8 Å². The zero-order valence-electron chi connectivity index (χ0n) is 11.7. The minimum absolute atomic E-state index is 0.0604. The lowest BCUT2D eigenvalue weighted by atomic mass is 10.1. The summed E-state index contributed by atoms with van der Waals surface area (Å²) in [6.07, 6.45) is 0. The van der Waals surface area contributed by atoms with Crippen LogP contribution >= 0.6 is 0 Å². The van der Waals surface area contributed by atoms with Crippen LogP contribution in [-0.2, 0) is 4.79 Å². The van der Waals surface area contributed by atoms with E-state index in [4.69, 9.17) is 0 Å². The fraction of sp³-hybridized carbons (Fsp3) is 0.0625. The summed E-state index contributed by atoms with van der Waals surface area (Å²) in [7, 11) is 0. The Balaban J connectivity index is 1.86. The molecule has 2 aromatic carbocycles. The Morgan fingerprint density at radius 1 is 1.22 bits per heavy atom. The highest BCUT2D eigenvalue weighted by molar-refractivity contribution is 5.97.